The number of nitrogens with zero attached hydrogens (tertiary/aromatic N) is 3. The van der Waals surface area contributed by atoms with Crippen molar-refractivity contribution >= 4 is 10.9 Å². The highest BCUT2D eigenvalue weighted by Crippen LogP contribution is 2.32. The van der Waals surface area contributed by atoms with Crippen LogP contribution in [-0.2, 0) is 6.61 Å². The first-order chi connectivity index (χ1) is 13.3. The maximum atomic E-state index is 5.83. The first kappa shape index (κ1) is 16.8. The van der Waals surface area contributed by atoms with Gasteiger partial charge in [0.1, 0.15) is 11.3 Å². The summed E-state index contributed by atoms with van der Waals surface area (Å²) in [6, 6.07) is 15.0. The van der Waals surface area contributed by atoms with E-state index in [0.717, 1.165) is 16.5 Å². The predicted octanol–water partition coefficient (Wildman–Crippen LogP) is 3.88. The molecule has 0 aliphatic rings. The predicted molar refractivity (Wildman–Crippen MR) is 98.9 cm³/mol. The third kappa shape index (κ3) is 3.39. The summed E-state index contributed by atoms with van der Waals surface area (Å²) in [4.78, 5) is 4.36. The van der Waals surface area contributed by atoms with Crippen LogP contribution in [-0.4, -0.2) is 29.4 Å². The monoisotopic (exact) mass is 363 g/mol. The lowest BCUT2D eigenvalue weighted by atomic mass is 10.2. The number of para-hydroxylation sites is 1. The molecule has 7 nitrogen and oxygen atoms in total. The minimum Gasteiger partial charge on any atom is -0.493 e. The van der Waals surface area contributed by atoms with Gasteiger partial charge in [-0.3, -0.25) is 4.98 Å². The highest BCUT2D eigenvalue weighted by Gasteiger charge is 2.13. The summed E-state index contributed by atoms with van der Waals surface area (Å²) in [6.07, 6.45) is 1.73. The van der Waals surface area contributed by atoms with Crippen molar-refractivity contribution in [2.45, 2.75) is 6.61 Å². The van der Waals surface area contributed by atoms with E-state index < -0.39 is 0 Å². The Morgan fingerprint density at radius 2 is 1.74 bits per heavy atom. The van der Waals surface area contributed by atoms with Gasteiger partial charge < -0.3 is 18.6 Å². The van der Waals surface area contributed by atoms with Gasteiger partial charge >= 0.3 is 0 Å². The molecule has 136 valence electrons. The van der Waals surface area contributed by atoms with Crippen LogP contribution in [0.4, 0.5) is 0 Å². The second-order valence-corrected chi connectivity index (χ2v) is 5.69. The Kier molecular flexibility index (Phi) is 4.57. The number of benzene rings is 2. The molecule has 4 rings (SSSR count). The Labute approximate surface area is 155 Å². The molecule has 0 spiro atoms. The SMILES string of the molecule is COc1ccc(-c2nnc(COc3cccc4cccnc34)o2)cc1OC. The summed E-state index contributed by atoms with van der Waals surface area (Å²) in [5.74, 6) is 2.64. The van der Waals surface area contributed by atoms with Crippen LogP contribution in [0.1, 0.15) is 5.89 Å². The Balaban J connectivity index is 1.53. The minimum absolute atomic E-state index is 0.149. The van der Waals surface area contributed by atoms with E-state index in [4.69, 9.17) is 18.6 Å². The average Bonchev–Trinajstić information content (AvgIpc) is 3.20. The number of aromatic nitrogens is 3. The smallest absolute Gasteiger partial charge is 0.254 e. The molecule has 0 saturated carbocycles. The van der Waals surface area contributed by atoms with Crippen LogP contribution in [0, 0.1) is 0 Å². The van der Waals surface area contributed by atoms with Gasteiger partial charge in [0, 0.05) is 17.1 Å². The first-order valence-electron chi connectivity index (χ1n) is 8.30. The molecule has 0 fully saturated rings. The molecule has 0 aliphatic heterocycles. The molecule has 0 amide bonds. The number of rotatable bonds is 6. The fraction of sp³-hybridized carbons (Fsp3) is 0.150. The molecule has 0 saturated heterocycles. The summed E-state index contributed by atoms with van der Waals surface area (Å²) in [6.45, 7) is 0.149. The van der Waals surface area contributed by atoms with E-state index in [0.29, 0.717) is 29.0 Å². The molecule has 2 aromatic carbocycles. The Hall–Kier alpha value is -3.61. The van der Waals surface area contributed by atoms with Gasteiger partial charge in [-0.2, -0.15) is 0 Å². The topological polar surface area (TPSA) is 79.5 Å². The van der Waals surface area contributed by atoms with Crippen LogP contribution in [0.25, 0.3) is 22.4 Å². The van der Waals surface area contributed by atoms with E-state index in [2.05, 4.69) is 15.2 Å². The van der Waals surface area contributed by atoms with Crippen molar-refractivity contribution in [3.63, 3.8) is 0 Å². The fourth-order valence-electron chi connectivity index (χ4n) is 2.73. The number of hydrogen-bond acceptors (Lipinski definition) is 7. The van der Waals surface area contributed by atoms with Gasteiger partial charge in [0.2, 0.25) is 5.89 Å². The minimum atomic E-state index is 0.149. The van der Waals surface area contributed by atoms with Crippen molar-refractivity contribution in [3.05, 3.63) is 60.6 Å². The second-order valence-electron chi connectivity index (χ2n) is 5.69. The number of fused-ring (bicyclic) bond motifs is 1. The quantitative estimate of drug-likeness (QED) is 0.514. The van der Waals surface area contributed by atoms with Crippen LogP contribution in [0.5, 0.6) is 17.2 Å². The van der Waals surface area contributed by atoms with E-state index in [1.54, 1.807) is 32.5 Å². The number of pyridine rings is 1. The van der Waals surface area contributed by atoms with Crippen LogP contribution in [0.15, 0.2) is 59.1 Å². The number of hydrogen-bond donors (Lipinski definition) is 0. The molecule has 2 aromatic heterocycles. The summed E-state index contributed by atoms with van der Waals surface area (Å²) in [5.41, 5.74) is 1.53. The first-order valence-corrected chi connectivity index (χ1v) is 8.30. The van der Waals surface area contributed by atoms with E-state index in [1.807, 2.05) is 36.4 Å². The zero-order valence-electron chi connectivity index (χ0n) is 14.9. The molecule has 7 heteroatoms. The zero-order chi connectivity index (χ0) is 18.6. The van der Waals surface area contributed by atoms with Crippen molar-refractivity contribution in [1.29, 1.82) is 0 Å². The summed E-state index contributed by atoms with van der Waals surface area (Å²) in [5, 5.41) is 9.14. The Morgan fingerprint density at radius 1 is 0.889 bits per heavy atom. The largest absolute Gasteiger partial charge is 0.493 e. The van der Waals surface area contributed by atoms with Gasteiger partial charge in [-0.05, 0) is 30.3 Å². The molecule has 0 bridgehead atoms. The van der Waals surface area contributed by atoms with Gasteiger partial charge in [0.05, 0.1) is 14.2 Å². The second kappa shape index (κ2) is 7.33. The van der Waals surface area contributed by atoms with E-state index in [9.17, 15) is 0 Å². The van der Waals surface area contributed by atoms with Gasteiger partial charge in [-0.25, -0.2) is 0 Å². The molecule has 0 unspecified atom stereocenters. The standard InChI is InChI=1S/C20H17N3O4/c1-24-15-9-8-14(11-17(15)25-2)20-23-22-18(27-20)12-26-16-7-3-5-13-6-4-10-21-19(13)16/h3-11H,12H2,1-2H3. The Bertz CT molecular complexity index is 1070. The van der Waals surface area contributed by atoms with E-state index in [-0.39, 0.29) is 6.61 Å². The molecule has 0 N–H and O–H groups in total. The number of ether oxygens (including phenoxy) is 3. The Morgan fingerprint density at radius 3 is 2.59 bits per heavy atom. The van der Waals surface area contributed by atoms with Crippen LogP contribution < -0.4 is 14.2 Å². The lowest BCUT2D eigenvalue weighted by Crippen LogP contribution is -1.97. The average molecular weight is 363 g/mol. The third-order valence-electron chi connectivity index (χ3n) is 4.04. The molecule has 0 aliphatic carbocycles. The van der Waals surface area contributed by atoms with Crippen LogP contribution in [0.2, 0.25) is 0 Å². The highest BCUT2D eigenvalue weighted by atomic mass is 16.5. The maximum Gasteiger partial charge on any atom is 0.254 e. The van der Waals surface area contributed by atoms with Crippen molar-refractivity contribution in [1.82, 2.24) is 15.2 Å². The van der Waals surface area contributed by atoms with Crippen LogP contribution >= 0.6 is 0 Å². The third-order valence-corrected chi connectivity index (χ3v) is 4.04. The van der Waals surface area contributed by atoms with Crippen molar-refractivity contribution in [3.8, 4) is 28.7 Å². The zero-order valence-corrected chi connectivity index (χ0v) is 14.9. The molecule has 4 aromatic rings. The maximum absolute atomic E-state index is 5.83. The van der Waals surface area contributed by atoms with Gasteiger partial charge in [-0.15, -0.1) is 10.2 Å². The van der Waals surface area contributed by atoms with Crippen molar-refractivity contribution < 1.29 is 18.6 Å². The molecule has 0 atom stereocenters. The van der Waals surface area contributed by atoms with Crippen molar-refractivity contribution in [2.24, 2.45) is 0 Å². The highest BCUT2D eigenvalue weighted by molar-refractivity contribution is 5.84. The molecule has 2 heterocycles. The molecular weight excluding hydrogens is 346 g/mol. The van der Waals surface area contributed by atoms with E-state index in [1.165, 1.54) is 0 Å². The molecular formula is C20H17N3O4. The summed E-state index contributed by atoms with van der Waals surface area (Å²) in [7, 11) is 3.16. The fourth-order valence-corrected chi connectivity index (χ4v) is 2.73. The summed E-state index contributed by atoms with van der Waals surface area (Å²) >= 11 is 0. The number of methoxy groups -OCH3 is 2. The lowest BCUT2D eigenvalue weighted by Gasteiger charge is -2.07. The molecule has 0 radical (unpaired) electrons. The summed E-state index contributed by atoms with van der Waals surface area (Å²) < 4.78 is 22.1. The van der Waals surface area contributed by atoms with Crippen LogP contribution in [0.3, 0.4) is 0 Å². The molecule has 27 heavy (non-hydrogen) atoms. The van der Waals surface area contributed by atoms with Gasteiger partial charge in [0.25, 0.3) is 5.89 Å². The van der Waals surface area contributed by atoms with Gasteiger partial charge in [-0.1, -0.05) is 18.2 Å². The van der Waals surface area contributed by atoms with Gasteiger partial charge in [0.15, 0.2) is 18.1 Å². The van der Waals surface area contributed by atoms with Crippen molar-refractivity contribution in [2.75, 3.05) is 14.2 Å². The normalized spacial score (nSPS) is 10.7. The lowest BCUT2D eigenvalue weighted by molar-refractivity contribution is 0.267. The van der Waals surface area contributed by atoms with E-state index >= 15 is 0 Å².